The van der Waals surface area contributed by atoms with Crippen LogP contribution in [0, 0.1) is 0 Å². The number of anilines is 1. The quantitative estimate of drug-likeness (QED) is 0.692. The third kappa shape index (κ3) is 3.46. The van der Waals surface area contributed by atoms with Crippen LogP contribution in [0.1, 0.15) is 45.4 Å². The topological polar surface area (TPSA) is 47.7 Å². The minimum absolute atomic E-state index is 0.460. The summed E-state index contributed by atoms with van der Waals surface area (Å²) in [5.41, 5.74) is -0.973. The van der Waals surface area contributed by atoms with Gasteiger partial charge in [-0.3, -0.25) is 0 Å². The van der Waals surface area contributed by atoms with Crippen LogP contribution in [0.5, 0.6) is 0 Å². The van der Waals surface area contributed by atoms with E-state index in [1.807, 2.05) is 39.8 Å². The molecule has 2 aliphatic heterocycles. The van der Waals surface area contributed by atoms with Crippen molar-refractivity contribution < 1.29 is 18.1 Å². The van der Waals surface area contributed by atoms with E-state index in [9.17, 15) is 0 Å². The lowest BCUT2D eigenvalue weighted by Crippen LogP contribution is -2.41. The summed E-state index contributed by atoms with van der Waals surface area (Å²) in [6.45, 7) is 9.60. The summed E-state index contributed by atoms with van der Waals surface area (Å²) < 4.78 is 32.2. The first-order valence-corrected chi connectivity index (χ1v) is 10.1. The SMILES string of the molecule is CC1(C)OB(C(F)=Cc2sc(N3CCCC3)nc2-c2ccco2)OC1(C)C. The lowest BCUT2D eigenvalue weighted by atomic mass is 9.87. The van der Waals surface area contributed by atoms with Gasteiger partial charge in [0.05, 0.1) is 22.3 Å². The average molecular weight is 390 g/mol. The lowest BCUT2D eigenvalue weighted by molar-refractivity contribution is 0.00578. The van der Waals surface area contributed by atoms with E-state index in [4.69, 9.17) is 18.7 Å². The largest absolute Gasteiger partial charge is 0.525 e. The second-order valence-corrected chi connectivity index (χ2v) is 9.01. The van der Waals surface area contributed by atoms with Gasteiger partial charge in [0.25, 0.3) is 0 Å². The van der Waals surface area contributed by atoms with Gasteiger partial charge in [-0.25, -0.2) is 9.37 Å². The molecule has 0 N–H and O–H groups in total. The number of hydrogen-bond donors (Lipinski definition) is 0. The molecule has 2 aromatic rings. The number of hydrogen-bond acceptors (Lipinski definition) is 6. The average Bonchev–Trinajstić information content (AvgIpc) is 3.35. The van der Waals surface area contributed by atoms with Crippen LogP contribution in [-0.4, -0.2) is 36.4 Å². The van der Waals surface area contributed by atoms with Crippen LogP contribution in [0.3, 0.4) is 0 Å². The molecular formula is C19H24BFN2O3S. The molecule has 8 heteroatoms. The summed E-state index contributed by atoms with van der Waals surface area (Å²) in [6, 6.07) is 3.65. The van der Waals surface area contributed by atoms with Crippen LogP contribution in [0.4, 0.5) is 9.52 Å². The zero-order valence-corrected chi connectivity index (χ0v) is 16.9. The predicted octanol–water partition coefficient (Wildman–Crippen LogP) is 4.95. The highest BCUT2D eigenvalue weighted by Crippen LogP contribution is 2.41. The molecule has 0 atom stereocenters. The summed E-state index contributed by atoms with van der Waals surface area (Å²) >= 11 is 1.47. The molecule has 0 amide bonds. The Bertz CT molecular complexity index is 825. The van der Waals surface area contributed by atoms with E-state index in [0.29, 0.717) is 16.3 Å². The minimum Gasteiger partial charge on any atom is -0.463 e. The highest BCUT2D eigenvalue weighted by molar-refractivity contribution is 7.17. The van der Waals surface area contributed by atoms with Crippen molar-refractivity contribution in [3.8, 4) is 11.5 Å². The first kappa shape index (κ1) is 18.7. The molecule has 0 unspecified atom stereocenters. The van der Waals surface area contributed by atoms with Crippen molar-refractivity contribution >= 4 is 29.7 Å². The molecular weight excluding hydrogens is 366 g/mol. The summed E-state index contributed by atoms with van der Waals surface area (Å²) in [6.07, 6.45) is 5.38. The number of thiazole rings is 1. The standard InChI is InChI=1S/C19H24BFN2O3S/c1-18(2)19(3,4)26-20(25-18)15(21)12-14-16(13-8-7-11-24-13)22-17(27-14)23-9-5-6-10-23/h7-8,11-12H,5-6,9-10H2,1-4H3. The summed E-state index contributed by atoms with van der Waals surface area (Å²) in [5.74, 6) is 0.629. The van der Waals surface area contributed by atoms with E-state index >= 15 is 4.39 Å². The first-order chi connectivity index (χ1) is 12.8. The van der Waals surface area contributed by atoms with Gasteiger partial charge in [0.1, 0.15) is 11.4 Å². The van der Waals surface area contributed by atoms with Gasteiger partial charge in [-0.05, 0) is 58.7 Å². The van der Waals surface area contributed by atoms with Crippen molar-refractivity contribution in [1.29, 1.82) is 0 Å². The van der Waals surface area contributed by atoms with Crippen molar-refractivity contribution in [3.05, 3.63) is 29.0 Å². The zero-order valence-electron chi connectivity index (χ0n) is 16.1. The molecule has 2 aromatic heterocycles. The van der Waals surface area contributed by atoms with E-state index in [2.05, 4.69) is 4.90 Å². The molecule has 0 spiro atoms. The summed E-state index contributed by atoms with van der Waals surface area (Å²) in [7, 11) is -1.02. The van der Waals surface area contributed by atoms with Crippen molar-refractivity contribution in [1.82, 2.24) is 4.98 Å². The van der Waals surface area contributed by atoms with Crippen molar-refractivity contribution in [2.24, 2.45) is 0 Å². The molecule has 4 heterocycles. The normalized spacial score (nSPS) is 22.0. The number of aromatic nitrogens is 1. The highest BCUT2D eigenvalue weighted by atomic mass is 32.1. The maximum atomic E-state index is 15.0. The Morgan fingerprint density at radius 3 is 2.48 bits per heavy atom. The Labute approximate surface area is 163 Å². The van der Waals surface area contributed by atoms with E-state index < -0.39 is 24.0 Å². The molecule has 0 radical (unpaired) electrons. The Kier molecular flexibility index (Phi) is 4.68. The lowest BCUT2D eigenvalue weighted by Gasteiger charge is -2.32. The molecule has 2 saturated heterocycles. The predicted molar refractivity (Wildman–Crippen MR) is 106 cm³/mol. The molecule has 0 aliphatic carbocycles. The molecule has 27 heavy (non-hydrogen) atoms. The number of rotatable bonds is 4. The Morgan fingerprint density at radius 1 is 1.22 bits per heavy atom. The highest BCUT2D eigenvalue weighted by Gasteiger charge is 2.53. The molecule has 0 aromatic carbocycles. The van der Waals surface area contributed by atoms with Gasteiger partial charge in [0, 0.05) is 13.1 Å². The smallest absolute Gasteiger partial charge is 0.463 e. The van der Waals surface area contributed by atoms with Crippen molar-refractivity contribution in [2.75, 3.05) is 18.0 Å². The van der Waals surface area contributed by atoms with Gasteiger partial charge in [-0.1, -0.05) is 11.3 Å². The third-order valence-corrected chi connectivity index (χ3v) is 6.58. The Hall–Kier alpha value is -1.64. The fourth-order valence-corrected chi connectivity index (χ4v) is 4.26. The van der Waals surface area contributed by atoms with E-state index in [1.54, 1.807) is 6.26 Å². The van der Waals surface area contributed by atoms with Crippen LogP contribution in [0.25, 0.3) is 17.5 Å². The van der Waals surface area contributed by atoms with E-state index in [0.717, 1.165) is 31.1 Å². The maximum absolute atomic E-state index is 15.0. The number of furan rings is 1. The van der Waals surface area contributed by atoms with Gasteiger partial charge in [0.15, 0.2) is 10.9 Å². The van der Waals surface area contributed by atoms with Crippen molar-refractivity contribution in [2.45, 2.75) is 51.7 Å². The number of nitrogens with zero attached hydrogens (tertiary/aromatic N) is 2. The van der Waals surface area contributed by atoms with Crippen LogP contribution in [0.15, 0.2) is 28.5 Å². The fraction of sp³-hybridized carbons (Fsp3) is 0.526. The number of halogens is 1. The molecule has 144 valence electrons. The molecule has 2 fully saturated rings. The molecule has 5 nitrogen and oxygen atoms in total. The Morgan fingerprint density at radius 2 is 1.89 bits per heavy atom. The van der Waals surface area contributed by atoms with Crippen LogP contribution in [-0.2, 0) is 9.31 Å². The van der Waals surface area contributed by atoms with E-state index in [-0.39, 0.29) is 0 Å². The van der Waals surface area contributed by atoms with Crippen LogP contribution in [0.2, 0.25) is 0 Å². The molecule has 0 bridgehead atoms. The molecule has 0 saturated carbocycles. The van der Waals surface area contributed by atoms with Gasteiger partial charge in [0.2, 0.25) is 0 Å². The van der Waals surface area contributed by atoms with Crippen molar-refractivity contribution in [3.63, 3.8) is 0 Å². The van der Waals surface area contributed by atoms with E-state index in [1.165, 1.54) is 17.4 Å². The molecule has 4 rings (SSSR count). The van der Waals surface area contributed by atoms with Gasteiger partial charge in [-0.15, -0.1) is 0 Å². The summed E-state index contributed by atoms with van der Waals surface area (Å²) in [4.78, 5) is 7.67. The second-order valence-electron chi connectivity index (χ2n) is 8.00. The molecule has 2 aliphatic rings. The maximum Gasteiger partial charge on any atom is 0.525 e. The third-order valence-electron chi connectivity index (χ3n) is 5.52. The van der Waals surface area contributed by atoms with Crippen LogP contribution < -0.4 is 4.90 Å². The minimum atomic E-state index is -1.02. The van der Waals surface area contributed by atoms with Gasteiger partial charge < -0.3 is 18.6 Å². The Balaban J connectivity index is 1.67. The zero-order chi connectivity index (χ0) is 19.2. The second kappa shape index (κ2) is 6.76. The first-order valence-electron chi connectivity index (χ1n) is 9.29. The monoisotopic (exact) mass is 390 g/mol. The van der Waals surface area contributed by atoms with Gasteiger partial charge >= 0.3 is 7.12 Å². The van der Waals surface area contributed by atoms with Gasteiger partial charge in [-0.2, -0.15) is 0 Å². The fourth-order valence-electron chi connectivity index (χ4n) is 3.20. The van der Waals surface area contributed by atoms with Crippen LogP contribution >= 0.6 is 11.3 Å². The summed E-state index contributed by atoms with van der Waals surface area (Å²) in [5, 5.41) is 0.895.